The molecule has 0 aliphatic carbocycles. The van der Waals surface area contributed by atoms with Gasteiger partial charge in [0.2, 0.25) is 0 Å². The first-order chi connectivity index (χ1) is 10.7. The number of para-hydroxylation sites is 1. The molecule has 22 heavy (non-hydrogen) atoms. The van der Waals surface area contributed by atoms with Crippen molar-refractivity contribution < 1.29 is 5.11 Å². The number of hydrogen-bond acceptors (Lipinski definition) is 4. The molecule has 1 fully saturated rings. The molecule has 1 aliphatic rings. The lowest BCUT2D eigenvalue weighted by Gasteiger charge is -2.30. The summed E-state index contributed by atoms with van der Waals surface area (Å²) in [5.41, 5.74) is 3.88. The summed E-state index contributed by atoms with van der Waals surface area (Å²) < 4.78 is 0. The molecule has 1 saturated heterocycles. The molecule has 1 unspecified atom stereocenters. The Balaban J connectivity index is 1.67. The summed E-state index contributed by atoms with van der Waals surface area (Å²) in [6, 6.07) is 11.1. The molecule has 1 aromatic carbocycles. The Kier molecular flexibility index (Phi) is 5.13. The smallest absolute Gasteiger partial charge is 0.0564 e. The average Bonchev–Trinajstić information content (AvgIpc) is 3.06. The molecule has 3 rings (SSSR count). The summed E-state index contributed by atoms with van der Waals surface area (Å²) in [4.78, 5) is 2.43. The van der Waals surface area contributed by atoms with E-state index in [2.05, 4.69) is 58.2 Å². The minimum Gasteiger partial charge on any atom is -0.393 e. The molecule has 2 aromatic rings. The average molecular weight is 316 g/mol. The Labute approximate surface area is 136 Å². The molecule has 0 spiro atoms. The molecule has 0 radical (unpaired) electrons. The van der Waals surface area contributed by atoms with Gasteiger partial charge in [-0.25, -0.2) is 0 Å². The number of aliphatic hydroxyl groups excluding tert-OH is 1. The van der Waals surface area contributed by atoms with Crippen LogP contribution in [0.4, 0.5) is 5.69 Å². The fourth-order valence-electron chi connectivity index (χ4n) is 2.96. The lowest BCUT2D eigenvalue weighted by molar-refractivity contribution is 0.0793. The Bertz CT molecular complexity index is 577. The second-order valence-electron chi connectivity index (χ2n) is 6.09. The van der Waals surface area contributed by atoms with Gasteiger partial charge in [-0.2, -0.15) is 11.3 Å². The van der Waals surface area contributed by atoms with Crippen molar-refractivity contribution in [3.63, 3.8) is 0 Å². The molecule has 1 aromatic heterocycles. The van der Waals surface area contributed by atoms with Gasteiger partial charge < -0.3 is 10.4 Å². The molecule has 0 amide bonds. The van der Waals surface area contributed by atoms with Gasteiger partial charge in [0, 0.05) is 31.4 Å². The van der Waals surface area contributed by atoms with Crippen LogP contribution in [0.3, 0.4) is 0 Å². The summed E-state index contributed by atoms with van der Waals surface area (Å²) in [5.74, 6) is 0. The number of thiophene rings is 1. The van der Waals surface area contributed by atoms with E-state index < -0.39 is 0 Å². The fourth-order valence-corrected chi connectivity index (χ4v) is 3.71. The van der Waals surface area contributed by atoms with E-state index in [9.17, 15) is 5.11 Å². The number of aliphatic hydroxyl groups is 1. The first-order valence-corrected chi connectivity index (χ1v) is 8.93. The van der Waals surface area contributed by atoms with E-state index in [1.165, 1.54) is 16.8 Å². The maximum absolute atomic E-state index is 9.63. The highest BCUT2D eigenvalue weighted by molar-refractivity contribution is 7.07. The molecule has 3 nitrogen and oxygen atoms in total. The monoisotopic (exact) mass is 316 g/mol. The van der Waals surface area contributed by atoms with Crippen molar-refractivity contribution >= 4 is 17.0 Å². The summed E-state index contributed by atoms with van der Waals surface area (Å²) >= 11 is 1.74. The van der Waals surface area contributed by atoms with Crippen LogP contribution in [0.5, 0.6) is 0 Å². The van der Waals surface area contributed by atoms with Crippen molar-refractivity contribution in [1.29, 1.82) is 0 Å². The summed E-state index contributed by atoms with van der Waals surface area (Å²) in [5, 5.41) is 17.6. The largest absolute Gasteiger partial charge is 0.393 e. The Morgan fingerprint density at radius 1 is 1.27 bits per heavy atom. The van der Waals surface area contributed by atoms with Gasteiger partial charge in [-0.1, -0.05) is 18.2 Å². The van der Waals surface area contributed by atoms with Crippen LogP contribution in [0, 0.1) is 0 Å². The van der Waals surface area contributed by atoms with Crippen molar-refractivity contribution in [2.75, 3.05) is 18.4 Å². The molecule has 2 N–H and O–H groups in total. The molecule has 4 heteroatoms. The Hall–Kier alpha value is -1.36. The lowest BCUT2D eigenvalue weighted by atomic mass is 10.1. The van der Waals surface area contributed by atoms with E-state index in [-0.39, 0.29) is 6.10 Å². The Morgan fingerprint density at radius 3 is 2.77 bits per heavy atom. The summed E-state index contributed by atoms with van der Waals surface area (Å²) in [6.07, 6.45) is 1.67. The molecule has 2 heterocycles. The zero-order valence-corrected chi connectivity index (χ0v) is 13.9. The van der Waals surface area contributed by atoms with Gasteiger partial charge in [-0.05, 0) is 53.8 Å². The Morgan fingerprint density at radius 2 is 2.05 bits per heavy atom. The van der Waals surface area contributed by atoms with E-state index in [1.807, 2.05) is 0 Å². The number of hydrogen-bond donors (Lipinski definition) is 2. The standard InChI is InChI=1S/C18H24N2OS/c1-14(16-8-11-22-13-16)19-18-5-3-2-4-15(18)12-20-9-6-17(21)7-10-20/h2-5,8,11,13-14,17,19,21H,6-7,9-10,12H2,1H3. The van der Waals surface area contributed by atoms with Crippen LogP contribution < -0.4 is 5.32 Å². The van der Waals surface area contributed by atoms with Crippen molar-refractivity contribution in [2.45, 2.75) is 38.5 Å². The van der Waals surface area contributed by atoms with Crippen molar-refractivity contribution in [1.82, 2.24) is 4.90 Å². The van der Waals surface area contributed by atoms with Crippen LogP contribution in [0.2, 0.25) is 0 Å². The molecular weight excluding hydrogens is 292 g/mol. The van der Waals surface area contributed by atoms with Gasteiger partial charge in [0.05, 0.1) is 6.10 Å². The molecular formula is C18H24N2OS. The molecule has 1 aliphatic heterocycles. The number of nitrogens with zero attached hydrogens (tertiary/aromatic N) is 1. The van der Waals surface area contributed by atoms with E-state index >= 15 is 0 Å². The SMILES string of the molecule is CC(Nc1ccccc1CN1CCC(O)CC1)c1ccsc1. The van der Waals surface area contributed by atoms with E-state index in [1.54, 1.807) is 11.3 Å². The zero-order chi connectivity index (χ0) is 15.4. The van der Waals surface area contributed by atoms with Crippen LogP contribution >= 0.6 is 11.3 Å². The van der Waals surface area contributed by atoms with Gasteiger partial charge in [-0.3, -0.25) is 4.90 Å². The highest BCUT2D eigenvalue weighted by Gasteiger charge is 2.18. The molecule has 1 atom stereocenters. The molecule has 0 saturated carbocycles. The van der Waals surface area contributed by atoms with Crippen molar-refractivity contribution in [3.05, 3.63) is 52.2 Å². The second kappa shape index (κ2) is 7.27. The van der Waals surface area contributed by atoms with Crippen molar-refractivity contribution in [2.24, 2.45) is 0 Å². The first-order valence-electron chi connectivity index (χ1n) is 7.99. The van der Waals surface area contributed by atoms with Gasteiger partial charge >= 0.3 is 0 Å². The third-order valence-corrected chi connectivity index (χ3v) is 5.09. The number of benzene rings is 1. The van der Waals surface area contributed by atoms with E-state index in [4.69, 9.17) is 0 Å². The van der Waals surface area contributed by atoms with Crippen LogP contribution in [-0.2, 0) is 6.54 Å². The molecule has 118 valence electrons. The van der Waals surface area contributed by atoms with Gasteiger partial charge in [0.15, 0.2) is 0 Å². The van der Waals surface area contributed by atoms with Crippen LogP contribution in [-0.4, -0.2) is 29.2 Å². The van der Waals surface area contributed by atoms with E-state index in [0.29, 0.717) is 6.04 Å². The first kappa shape index (κ1) is 15.5. The molecule has 0 bridgehead atoms. The van der Waals surface area contributed by atoms with Gasteiger partial charge in [-0.15, -0.1) is 0 Å². The van der Waals surface area contributed by atoms with E-state index in [0.717, 1.165) is 32.5 Å². The van der Waals surface area contributed by atoms with Crippen LogP contribution in [0.25, 0.3) is 0 Å². The summed E-state index contributed by atoms with van der Waals surface area (Å²) in [7, 11) is 0. The number of rotatable bonds is 5. The zero-order valence-electron chi connectivity index (χ0n) is 13.0. The third-order valence-electron chi connectivity index (χ3n) is 4.38. The minimum atomic E-state index is -0.108. The third kappa shape index (κ3) is 3.88. The van der Waals surface area contributed by atoms with Gasteiger partial charge in [0.1, 0.15) is 0 Å². The predicted octanol–water partition coefficient (Wildman–Crippen LogP) is 3.88. The predicted molar refractivity (Wildman–Crippen MR) is 93.3 cm³/mol. The number of anilines is 1. The lowest BCUT2D eigenvalue weighted by Crippen LogP contribution is -2.35. The number of likely N-dealkylation sites (tertiary alicyclic amines) is 1. The second-order valence-corrected chi connectivity index (χ2v) is 6.87. The van der Waals surface area contributed by atoms with Crippen LogP contribution in [0.15, 0.2) is 41.1 Å². The number of piperidine rings is 1. The quantitative estimate of drug-likeness (QED) is 0.879. The van der Waals surface area contributed by atoms with Crippen LogP contribution in [0.1, 0.15) is 36.9 Å². The summed E-state index contributed by atoms with van der Waals surface area (Å²) in [6.45, 7) is 5.12. The normalized spacial score (nSPS) is 18.3. The maximum Gasteiger partial charge on any atom is 0.0564 e. The minimum absolute atomic E-state index is 0.108. The highest BCUT2D eigenvalue weighted by Crippen LogP contribution is 2.25. The number of nitrogens with one attached hydrogen (secondary N) is 1. The fraction of sp³-hybridized carbons (Fsp3) is 0.444. The van der Waals surface area contributed by atoms with Gasteiger partial charge in [0.25, 0.3) is 0 Å². The van der Waals surface area contributed by atoms with Crippen molar-refractivity contribution in [3.8, 4) is 0 Å². The maximum atomic E-state index is 9.63. The topological polar surface area (TPSA) is 35.5 Å². The highest BCUT2D eigenvalue weighted by atomic mass is 32.1.